The number of aromatic nitrogens is 2. The smallest absolute Gasteiger partial charge is 0.267 e. The van der Waals surface area contributed by atoms with Gasteiger partial charge in [0.2, 0.25) is 0 Å². The van der Waals surface area contributed by atoms with E-state index in [0.29, 0.717) is 12.2 Å². The number of hydrogen-bond donors (Lipinski definition) is 1. The van der Waals surface area contributed by atoms with Crippen LogP contribution in [0.2, 0.25) is 0 Å². The van der Waals surface area contributed by atoms with Crippen LogP contribution in [0.25, 0.3) is 10.6 Å². The molecule has 2 rings (SSSR count). The van der Waals surface area contributed by atoms with Gasteiger partial charge in [-0.15, -0.1) is 11.3 Å². The monoisotopic (exact) mass is 271 g/mol. The SMILES string of the molecule is CC(C)n1cc(C(F)F)c(-c2ccc(CN)s2)n1. The van der Waals surface area contributed by atoms with Crippen molar-refractivity contribution in [1.82, 2.24) is 9.78 Å². The maximum atomic E-state index is 13.0. The molecule has 0 atom stereocenters. The van der Waals surface area contributed by atoms with Crippen molar-refractivity contribution < 1.29 is 8.78 Å². The Bertz CT molecular complexity index is 531. The first kappa shape index (κ1) is 13.2. The number of nitrogens with two attached hydrogens (primary N) is 1. The first-order valence-corrected chi connectivity index (χ1v) is 6.51. The molecule has 0 aliphatic rings. The van der Waals surface area contributed by atoms with Gasteiger partial charge in [-0.3, -0.25) is 4.68 Å². The van der Waals surface area contributed by atoms with Crippen LogP contribution in [0, 0.1) is 0 Å². The van der Waals surface area contributed by atoms with Crippen molar-refractivity contribution in [2.24, 2.45) is 5.73 Å². The van der Waals surface area contributed by atoms with Crippen molar-refractivity contribution in [3.63, 3.8) is 0 Å². The second kappa shape index (κ2) is 5.16. The normalized spacial score (nSPS) is 11.7. The van der Waals surface area contributed by atoms with Crippen LogP contribution in [-0.2, 0) is 6.54 Å². The van der Waals surface area contributed by atoms with E-state index in [9.17, 15) is 8.78 Å². The zero-order valence-corrected chi connectivity index (χ0v) is 11.0. The summed E-state index contributed by atoms with van der Waals surface area (Å²) in [6, 6.07) is 3.71. The summed E-state index contributed by atoms with van der Waals surface area (Å²) in [5.74, 6) is 0. The van der Waals surface area contributed by atoms with Gasteiger partial charge in [0, 0.05) is 23.7 Å². The molecule has 0 aliphatic heterocycles. The number of alkyl halides is 2. The molecule has 0 aliphatic carbocycles. The lowest BCUT2D eigenvalue weighted by atomic mass is 10.2. The average molecular weight is 271 g/mol. The molecule has 0 radical (unpaired) electrons. The molecule has 0 bridgehead atoms. The van der Waals surface area contributed by atoms with Crippen molar-refractivity contribution in [3.8, 4) is 10.6 Å². The van der Waals surface area contributed by atoms with Crippen LogP contribution in [0.1, 0.15) is 36.8 Å². The van der Waals surface area contributed by atoms with Crippen molar-refractivity contribution in [2.75, 3.05) is 0 Å². The molecule has 0 aromatic carbocycles. The van der Waals surface area contributed by atoms with Crippen molar-refractivity contribution in [3.05, 3.63) is 28.8 Å². The molecule has 0 saturated heterocycles. The fraction of sp³-hybridized carbons (Fsp3) is 0.417. The fourth-order valence-electron chi connectivity index (χ4n) is 1.64. The summed E-state index contributed by atoms with van der Waals surface area (Å²) in [6.45, 7) is 4.23. The maximum Gasteiger partial charge on any atom is 0.267 e. The molecule has 18 heavy (non-hydrogen) atoms. The minimum atomic E-state index is -2.52. The van der Waals surface area contributed by atoms with Gasteiger partial charge >= 0.3 is 0 Å². The number of nitrogens with zero attached hydrogens (tertiary/aromatic N) is 2. The first-order valence-electron chi connectivity index (χ1n) is 5.69. The van der Waals surface area contributed by atoms with Gasteiger partial charge in [-0.05, 0) is 26.0 Å². The Labute approximate surface area is 108 Å². The van der Waals surface area contributed by atoms with Crippen molar-refractivity contribution >= 4 is 11.3 Å². The van der Waals surface area contributed by atoms with E-state index in [-0.39, 0.29) is 11.6 Å². The standard InChI is InChI=1S/C12H15F2N3S/c1-7(2)17-6-9(12(13)14)11(16-17)10-4-3-8(5-15)18-10/h3-4,6-7,12H,5,15H2,1-2H3. The van der Waals surface area contributed by atoms with Crippen LogP contribution < -0.4 is 5.73 Å². The summed E-state index contributed by atoms with van der Waals surface area (Å²) < 4.78 is 27.6. The highest BCUT2D eigenvalue weighted by Gasteiger charge is 2.21. The number of halogens is 2. The molecule has 2 aromatic heterocycles. The van der Waals surface area contributed by atoms with Crippen LogP contribution in [-0.4, -0.2) is 9.78 Å². The topological polar surface area (TPSA) is 43.8 Å². The first-order chi connectivity index (χ1) is 8.52. The zero-order chi connectivity index (χ0) is 13.3. The summed E-state index contributed by atoms with van der Waals surface area (Å²) in [7, 11) is 0. The third-order valence-electron chi connectivity index (χ3n) is 2.62. The van der Waals surface area contributed by atoms with Gasteiger partial charge in [-0.2, -0.15) is 5.10 Å². The Morgan fingerprint density at radius 2 is 2.11 bits per heavy atom. The van der Waals surface area contributed by atoms with Crippen LogP contribution in [0.5, 0.6) is 0 Å². The molecular formula is C12H15F2N3S. The number of rotatable bonds is 4. The van der Waals surface area contributed by atoms with E-state index in [1.54, 1.807) is 10.7 Å². The summed E-state index contributed by atoms with van der Waals surface area (Å²) in [6.07, 6.45) is -1.09. The van der Waals surface area contributed by atoms with Gasteiger partial charge < -0.3 is 5.73 Å². The van der Waals surface area contributed by atoms with Gasteiger partial charge in [0.15, 0.2) is 0 Å². The molecule has 0 unspecified atom stereocenters. The Hall–Kier alpha value is -1.27. The lowest BCUT2D eigenvalue weighted by molar-refractivity contribution is 0.152. The van der Waals surface area contributed by atoms with E-state index in [4.69, 9.17) is 5.73 Å². The molecule has 3 nitrogen and oxygen atoms in total. The summed E-state index contributed by atoms with van der Waals surface area (Å²) >= 11 is 1.41. The minimum absolute atomic E-state index is 0.0193. The lowest BCUT2D eigenvalue weighted by Crippen LogP contribution is -2.00. The van der Waals surface area contributed by atoms with Crippen LogP contribution in [0.4, 0.5) is 8.78 Å². The minimum Gasteiger partial charge on any atom is -0.326 e. The largest absolute Gasteiger partial charge is 0.326 e. The second-order valence-electron chi connectivity index (χ2n) is 4.28. The van der Waals surface area contributed by atoms with E-state index in [1.807, 2.05) is 19.9 Å². The van der Waals surface area contributed by atoms with Gasteiger partial charge in [0.25, 0.3) is 6.43 Å². The maximum absolute atomic E-state index is 13.0. The Kier molecular flexibility index (Phi) is 3.77. The molecule has 0 saturated carbocycles. The molecular weight excluding hydrogens is 256 g/mol. The van der Waals surface area contributed by atoms with E-state index < -0.39 is 6.43 Å². The van der Waals surface area contributed by atoms with E-state index in [0.717, 1.165) is 9.75 Å². The quantitative estimate of drug-likeness (QED) is 0.923. The van der Waals surface area contributed by atoms with Crippen LogP contribution in [0.3, 0.4) is 0 Å². The highest BCUT2D eigenvalue weighted by molar-refractivity contribution is 7.15. The highest BCUT2D eigenvalue weighted by atomic mass is 32.1. The molecule has 0 amide bonds. The average Bonchev–Trinajstić information content (AvgIpc) is 2.95. The molecule has 2 aromatic rings. The van der Waals surface area contributed by atoms with Gasteiger partial charge in [-0.25, -0.2) is 8.78 Å². The Morgan fingerprint density at radius 1 is 1.39 bits per heavy atom. The van der Waals surface area contributed by atoms with Crippen molar-refractivity contribution in [1.29, 1.82) is 0 Å². The van der Waals surface area contributed by atoms with Gasteiger partial charge in [0.05, 0.1) is 10.4 Å². The van der Waals surface area contributed by atoms with Crippen LogP contribution in [0.15, 0.2) is 18.3 Å². The summed E-state index contributed by atoms with van der Waals surface area (Å²) in [4.78, 5) is 1.70. The van der Waals surface area contributed by atoms with Crippen molar-refractivity contribution in [2.45, 2.75) is 32.9 Å². The summed E-state index contributed by atoms with van der Waals surface area (Å²) in [5.41, 5.74) is 5.87. The number of thiophene rings is 1. The van der Waals surface area contributed by atoms with E-state index in [2.05, 4.69) is 5.10 Å². The molecule has 0 fully saturated rings. The Morgan fingerprint density at radius 3 is 2.61 bits per heavy atom. The lowest BCUT2D eigenvalue weighted by Gasteiger charge is -2.02. The predicted molar refractivity (Wildman–Crippen MR) is 68.8 cm³/mol. The van der Waals surface area contributed by atoms with E-state index >= 15 is 0 Å². The van der Waals surface area contributed by atoms with E-state index in [1.165, 1.54) is 17.5 Å². The third kappa shape index (κ3) is 2.44. The molecule has 2 N–H and O–H groups in total. The number of hydrogen-bond acceptors (Lipinski definition) is 3. The second-order valence-corrected chi connectivity index (χ2v) is 5.45. The molecule has 98 valence electrons. The summed E-state index contributed by atoms with van der Waals surface area (Å²) in [5, 5.41) is 4.26. The molecule has 0 spiro atoms. The third-order valence-corrected chi connectivity index (χ3v) is 3.73. The predicted octanol–water partition coefficient (Wildman–Crippen LogP) is 3.59. The fourth-order valence-corrected chi connectivity index (χ4v) is 2.53. The highest BCUT2D eigenvalue weighted by Crippen LogP contribution is 2.34. The van der Waals surface area contributed by atoms with Crippen LogP contribution >= 0.6 is 11.3 Å². The Balaban J connectivity index is 2.47. The van der Waals surface area contributed by atoms with Gasteiger partial charge in [0.1, 0.15) is 5.69 Å². The zero-order valence-electron chi connectivity index (χ0n) is 10.2. The molecule has 6 heteroatoms. The van der Waals surface area contributed by atoms with Gasteiger partial charge in [-0.1, -0.05) is 0 Å². The molecule has 2 heterocycles.